The van der Waals surface area contributed by atoms with Crippen LogP contribution in [0.4, 0.5) is 5.82 Å². The SMILES string of the molecule is CCc1cc(NCC(CC)(CC)CN)ncn1. The van der Waals surface area contributed by atoms with E-state index in [1.165, 1.54) is 0 Å². The highest BCUT2D eigenvalue weighted by atomic mass is 15.0. The predicted octanol–water partition coefficient (Wildman–Crippen LogP) is 2.22. The second kappa shape index (κ2) is 6.55. The number of anilines is 1. The van der Waals surface area contributed by atoms with Crippen LogP contribution >= 0.6 is 0 Å². The minimum Gasteiger partial charge on any atom is -0.369 e. The van der Waals surface area contributed by atoms with Crippen molar-refractivity contribution in [2.24, 2.45) is 11.1 Å². The summed E-state index contributed by atoms with van der Waals surface area (Å²) in [6.07, 6.45) is 4.71. The summed E-state index contributed by atoms with van der Waals surface area (Å²) in [6, 6.07) is 2.01. The highest BCUT2D eigenvalue weighted by Crippen LogP contribution is 2.25. The molecule has 0 bridgehead atoms. The van der Waals surface area contributed by atoms with Crippen molar-refractivity contribution < 1.29 is 0 Å². The molecule has 96 valence electrons. The fourth-order valence-electron chi connectivity index (χ4n) is 1.83. The van der Waals surface area contributed by atoms with Crippen LogP contribution in [0.1, 0.15) is 39.3 Å². The normalized spacial score (nSPS) is 11.5. The van der Waals surface area contributed by atoms with Gasteiger partial charge in [0.15, 0.2) is 0 Å². The number of aryl methyl sites for hydroxylation is 1. The summed E-state index contributed by atoms with van der Waals surface area (Å²) < 4.78 is 0. The summed E-state index contributed by atoms with van der Waals surface area (Å²) in [4.78, 5) is 8.42. The van der Waals surface area contributed by atoms with Crippen molar-refractivity contribution in [2.75, 3.05) is 18.4 Å². The van der Waals surface area contributed by atoms with E-state index in [9.17, 15) is 0 Å². The van der Waals surface area contributed by atoms with Gasteiger partial charge in [-0.15, -0.1) is 0 Å². The smallest absolute Gasteiger partial charge is 0.129 e. The number of nitrogens with two attached hydrogens (primary N) is 1. The third kappa shape index (κ3) is 3.66. The lowest BCUT2D eigenvalue weighted by Gasteiger charge is -2.30. The first-order chi connectivity index (χ1) is 8.19. The van der Waals surface area contributed by atoms with Gasteiger partial charge in [-0.25, -0.2) is 9.97 Å². The molecular formula is C13H24N4. The number of nitrogens with one attached hydrogen (secondary N) is 1. The molecule has 0 atom stereocenters. The average Bonchev–Trinajstić information content (AvgIpc) is 2.41. The molecule has 17 heavy (non-hydrogen) atoms. The van der Waals surface area contributed by atoms with Gasteiger partial charge in [0, 0.05) is 18.3 Å². The zero-order valence-electron chi connectivity index (χ0n) is 11.2. The van der Waals surface area contributed by atoms with E-state index in [4.69, 9.17) is 5.73 Å². The topological polar surface area (TPSA) is 63.8 Å². The van der Waals surface area contributed by atoms with Gasteiger partial charge in [-0.2, -0.15) is 0 Å². The Bertz CT molecular complexity index is 326. The number of aromatic nitrogens is 2. The van der Waals surface area contributed by atoms with Gasteiger partial charge < -0.3 is 11.1 Å². The van der Waals surface area contributed by atoms with Crippen LogP contribution in [0.5, 0.6) is 0 Å². The number of hydrogen-bond acceptors (Lipinski definition) is 4. The van der Waals surface area contributed by atoms with Gasteiger partial charge in [-0.05, 0) is 31.2 Å². The Morgan fingerprint density at radius 2 is 1.94 bits per heavy atom. The van der Waals surface area contributed by atoms with Crippen LogP contribution < -0.4 is 11.1 Å². The van der Waals surface area contributed by atoms with Gasteiger partial charge in [0.05, 0.1) is 0 Å². The lowest BCUT2D eigenvalue weighted by molar-refractivity contribution is 0.294. The molecule has 0 unspecified atom stereocenters. The summed E-state index contributed by atoms with van der Waals surface area (Å²) in [5.74, 6) is 0.900. The lowest BCUT2D eigenvalue weighted by atomic mass is 9.82. The number of rotatable bonds is 7. The first kappa shape index (κ1) is 13.9. The van der Waals surface area contributed by atoms with Crippen molar-refractivity contribution in [3.05, 3.63) is 18.1 Å². The third-order valence-electron chi connectivity index (χ3n) is 3.66. The van der Waals surface area contributed by atoms with Crippen LogP contribution in [0.15, 0.2) is 12.4 Å². The van der Waals surface area contributed by atoms with Crippen molar-refractivity contribution in [1.82, 2.24) is 9.97 Å². The molecule has 0 radical (unpaired) electrons. The first-order valence-electron chi connectivity index (χ1n) is 6.44. The molecule has 0 aliphatic heterocycles. The molecule has 0 saturated heterocycles. The maximum absolute atomic E-state index is 5.88. The molecule has 0 fully saturated rings. The molecule has 0 aromatic carbocycles. The molecule has 0 spiro atoms. The molecule has 4 heteroatoms. The zero-order valence-corrected chi connectivity index (χ0v) is 11.2. The minimum absolute atomic E-state index is 0.178. The largest absolute Gasteiger partial charge is 0.369 e. The van der Waals surface area contributed by atoms with E-state index in [1.807, 2.05) is 6.07 Å². The van der Waals surface area contributed by atoms with Gasteiger partial charge in [-0.1, -0.05) is 20.8 Å². The summed E-state index contributed by atoms with van der Waals surface area (Å²) >= 11 is 0. The molecule has 0 aliphatic carbocycles. The van der Waals surface area contributed by atoms with Crippen molar-refractivity contribution >= 4 is 5.82 Å². The molecule has 4 nitrogen and oxygen atoms in total. The summed E-state index contributed by atoms with van der Waals surface area (Å²) in [7, 11) is 0. The van der Waals surface area contributed by atoms with Crippen molar-refractivity contribution in [2.45, 2.75) is 40.0 Å². The Morgan fingerprint density at radius 1 is 1.24 bits per heavy atom. The molecule has 0 amide bonds. The third-order valence-corrected chi connectivity index (χ3v) is 3.66. The molecule has 1 aromatic heterocycles. The van der Waals surface area contributed by atoms with E-state index in [-0.39, 0.29) is 5.41 Å². The highest BCUT2D eigenvalue weighted by Gasteiger charge is 2.24. The van der Waals surface area contributed by atoms with Gasteiger partial charge in [0.2, 0.25) is 0 Å². The van der Waals surface area contributed by atoms with Gasteiger partial charge >= 0.3 is 0 Å². The first-order valence-corrected chi connectivity index (χ1v) is 6.44. The standard InChI is InChI=1S/C13H24N4/c1-4-11-7-12(17-10-16-11)15-9-13(5-2,6-3)8-14/h7,10H,4-6,8-9,14H2,1-3H3,(H,15,16,17). The molecule has 1 aromatic rings. The molecule has 0 aliphatic rings. The van der Waals surface area contributed by atoms with E-state index >= 15 is 0 Å². The van der Waals surface area contributed by atoms with Crippen LogP contribution in [-0.4, -0.2) is 23.1 Å². The van der Waals surface area contributed by atoms with Crippen molar-refractivity contribution in [3.8, 4) is 0 Å². The van der Waals surface area contributed by atoms with Gasteiger partial charge in [0.1, 0.15) is 12.1 Å². The predicted molar refractivity (Wildman–Crippen MR) is 72.0 cm³/mol. The van der Waals surface area contributed by atoms with Crippen LogP contribution in [0.25, 0.3) is 0 Å². The van der Waals surface area contributed by atoms with E-state index in [0.717, 1.165) is 37.3 Å². The van der Waals surface area contributed by atoms with E-state index in [2.05, 4.69) is 36.1 Å². The average molecular weight is 236 g/mol. The summed E-state index contributed by atoms with van der Waals surface area (Å²) in [5.41, 5.74) is 7.12. The van der Waals surface area contributed by atoms with Crippen LogP contribution in [0.2, 0.25) is 0 Å². The second-order valence-corrected chi connectivity index (χ2v) is 4.51. The maximum Gasteiger partial charge on any atom is 0.129 e. The van der Waals surface area contributed by atoms with Crippen molar-refractivity contribution in [3.63, 3.8) is 0 Å². The van der Waals surface area contributed by atoms with E-state index in [1.54, 1.807) is 6.33 Å². The molecule has 1 rings (SSSR count). The maximum atomic E-state index is 5.88. The monoisotopic (exact) mass is 236 g/mol. The Hall–Kier alpha value is -1.16. The molecular weight excluding hydrogens is 212 g/mol. The van der Waals surface area contributed by atoms with Crippen LogP contribution in [-0.2, 0) is 6.42 Å². The van der Waals surface area contributed by atoms with E-state index in [0.29, 0.717) is 6.54 Å². The van der Waals surface area contributed by atoms with Gasteiger partial charge in [-0.3, -0.25) is 0 Å². The summed E-state index contributed by atoms with van der Waals surface area (Å²) in [6.45, 7) is 8.05. The van der Waals surface area contributed by atoms with Crippen molar-refractivity contribution in [1.29, 1.82) is 0 Å². The quantitative estimate of drug-likeness (QED) is 0.762. The van der Waals surface area contributed by atoms with Crippen LogP contribution in [0, 0.1) is 5.41 Å². The van der Waals surface area contributed by atoms with Gasteiger partial charge in [0.25, 0.3) is 0 Å². The van der Waals surface area contributed by atoms with E-state index < -0.39 is 0 Å². The Labute approximate surface area is 104 Å². The summed E-state index contributed by atoms with van der Waals surface area (Å²) in [5, 5.41) is 3.38. The van der Waals surface area contributed by atoms with Crippen LogP contribution in [0.3, 0.4) is 0 Å². The number of hydrogen-bond donors (Lipinski definition) is 2. The molecule has 3 N–H and O–H groups in total. The molecule has 0 saturated carbocycles. The highest BCUT2D eigenvalue weighted by molar-refractivity contribution is 5.35. The second-order valence-electron chi connectivity index (χ2n) is 4.51. The Kier molecular flexibility index (Phi) is 5.35. The Balaban J connectivity index is 2.65. The number of nitrogens with zero attached hydrogens (tertiary/aromatic N) is 2. The lowest BCUT2D eigenvalue weighted by Crippen LogP contribution is -2.36. The fraction of sp³-hybridized carbons (Fsp3) is 0.692. The minimum atomic E-state index is 0.178. The fourth-order valence-corrected chi connectivity index (χ4v) is 1.83. The Morgan fingerprint density at radius 3 is 2.47 bits per heavy atom. The zero-order chi connectivity index (χ0) is 12.7. The molecule has 1 heterocycles.